The van der Waals surface area contributed by atoms with Gasteiger partial charge in [-0.1, -0.05) is 18.2 Å². The zero-order chi connectivity index (χ0) is 30.4. The molecule has 43 heavy (non-hydrogen) atoms. The van der Waals surface area contributed by atoms with E-state index in [1.54, 1.807) is 49.4 Å². The number of likely N-dealkylation sites (tertiary alicyclic amines) is 1. The largest absolute Gasteiger partial charge is 0.508 e. The fourth-order valence-corrected chi connectivity index (χ4v) is 5.87. The molecule has 0 aromatic heterocycles. The smallest absolute Gasteiger partial charge is 0.338 e. The number of phenolic OH excluding ortho intramolecular Hbond substituents is 1. The van der Waals surface area contributed by atoms with Gasteiger partial charge in [-0.2, -0.15) is 0 Å². The normalized spacial score (nSPS) is 19.5. The summed E-state index contributed by atoms with van der Waals surface area (Å²) in [7, 11) is 2.21. The summed E-state index contributed by atoms with van der Waals surface area (Å²) >= 11 is 0. The molecular weight excluding hydrogens is 548 g/mol. The van der Waals surface area contributed by atoms with Gasteiger partial charge in [0.1, 0.15) is 24.1 Å². The Bertz CT molecular complexity index is 1480. The number of ether oxygens (including phenoxy) is 2. The Morgan fingerprint density at radius 3 is 2.65 bits per heavy atom. The molecule has 3 amide bonds. The van der Waals surface area contributed by atoms with Gasteiger partial charge in [0.2, 0.25) is 5.91 Å². The monoisotopic (exact) mass is 587 g/mol. The number of aromatic hydroxyl groups is 1. The van der Waals surface area contributed by atoms with E-state index < -0.39 is 18.0 Å². The van der Waals surface area contributed by atoms with Gasteiger partial charge in [-0.15, -0.1) is 0 Å². The van der Waals surface area contributed by atoms with Crippen molar-refractivity contribution >= 4 is 23.6 Å². The number of esters is 1. The number of likely N-dealkylation sites (N-methyl/N-ethyl adjacent to an activating group) is 1. The molecule has 10 nitrogen and oxygen atoms in total. The van der Waals surface area contributed by atoms with Gasteiger partial charge in [-0.25, -0.2) is 9.59 Å². The highest BCUT2D eigenvalue weighted by Gasteiger charge is 2.37. The molecule has 4 N–H and O–H groups in total. The molecule has 0 radical (unpaired) electrons. The zero-order valence-electron chi connectivity index (χ0n) is 24.6. The number of benzene rings is 3. The van der Waals surface area contributed by atoms with E-state index in [-0.39, 0.29) is 30.7 Å². The van der Waals surface area contributed by atoms with Crippen LogP contribution in [0.5, 0.6) is 11.5 Å². The number of hydrogen-bond donors (Lipinski definition) is 4. The predicted octanol–water partition coefficient (Wildman–Crippen LogP) is 3.77. The average Bonchev–Trinajstić information content (AvgIpc) is 3.59. The maximum Gasteiger partial charge on any atom is 0.338 e. The number of rotatable bonds is 10. The number of carbonyl (C=O) groups excluding carboxylic acids is 3. The Hall–Kier alpha value is -4.57. The SMILES string of the molecule is CCOC(=O)c1cccc(NC(=O)N[C@@H](Cc2ccc(O)cc2)C(=O)NC2CC[N+](C)(Cc3ccc4c(c3)CCO4)C2)c1. The minimum absolute atomic E-state index is 0.0382. The fraction of sp³-hybridized carbons (Fsp3) is 0.364. The number of quaternary nitrogens is 1. The summed E-state index contributed by atoms with van der Waals surface area (Å²) in [5.74, 6) is 0.330. The van der Waals surface area contributed by atoms with E-state index in [2.05, 4.69) is 41.2 Å². The van der Waals surface area contributed by atoms with E-state index in [1.165, 1.54) is 17.2 Å². The van der Waals surface area contributed by atoms with Gasteiger partial charge in [-0.3, -0.25) is 4.79 Å². The van der Waals surface area contributed by atoms with Gasteiger partial charge >= 0.3 is 12.0 Å². The molecule has 1 fully saturated rings. The van der Waals surface area contributed by atoms with Crippen molar-refractivity contribution in [3.63, 3.8) is 0 Å². The number of phenols is 1. The second-order valence-electron chi connectivity index (χ2n) is 11.5. The highest BCUT2D eigenvalue weighted by molar-refractivity contribution is 5.96. The Kier molecular flexibility index (Phi) is 9.16. The summed E-state index contributed by atoms with van der Waals surface area (Å²) in [6.07, 6.45) is 2.00. The van der Waals surface area contributed by atoms with E-state index in [0.29, 0.717) is 11.3 Å². The maximum atomic E-state index is 13.6. The second kappa shape index (κ2) is 13.2. The third-order valence-electron chi connectivity index (χ3n) is 7.97. The van der Waals surface area contributed by atoms with Crippen LogP contribution in [0.1, 0.15) is 40.4 Å². The number of urea groups is 1. The van der Waals surface area contributed by atoms with Gasteiger partial charge < -0.3 is 35.0 Å². The standard InChI is InChI=1S/C33H38N4O6/c1-3-42-32(40)25-5-4-6-26(19-25)35-33(41)36-29(18-22-7-10-28(38)11-8-22)31(39)34-27-13-15-37(2,21-27)20-23-9-12-30-24(17-23)14-16-43-30/h4-12,17,19,27,29H,3,13-16,18,20-21H2,1-2H3,(H3-,34,35,36,38,39,41)/p+1/t27?,29-,37?/m0/s1. The number of carbonyl (C=O) groups is 3. The molecule has 2 heterocycles. The van der Waals surface area contributed by atoms with Crippen LogP contribution in [0.2, 0.25) is 0 Å². The number of fused-ring (bicyclic) bond motifs is 1. The van der Waals surface area contributed by atoms with Gasteiger partial charge in [-0.05, 0) is 66.6 Å². The predicted molar refractivity (Wildman–Crippen MR) is 162 cm³/mol. The zero-order valence-corrected chi connectivity index (χ0v) is 24.6. The van der Waals surface area contributed by atoms with Crippen molar-refractivity contribution in [2.45, 2.75) is 44.8 Å². The lowest BCUT2D eigenvalue weighted by Crippen LogP contribution is -2.53. The maximum absolute atomic E-state index is 13.6. The van der Waals surface area contributed by atoms with Crippen molar-refractivity contribution in [2.75, 3.05) is 38.7 Å². The molecule has 1 saturated heterocycles. The molecule has 2 unspecified atom stereocenters. The highest BCUT2D eigenvalue weighted by Crippen LogP contribution is 2.28. The van der Waals surface area contributed by atoms with E-state index in [4.69, 9.17) is 9.47 Å². The van der Waals surface area contributed by atoms with Gasteiger partial charge in [0, 0.05) is 30.5 Å². The molecule has 0 aliphatic carbocycles. The van der Waals surface area contributed by atoms with Crippen LogP contribution < -0.4 is 20.7 Å². The van der Waals surface area contributed by atoms with Crippen LogP contribution in [0.15, 0.2) is 66.7 Å². The number of amides is 3. The molecule has 0 saturated carbocycles. The fourth-order valence-electron chi connectivity index (χ4n) is 5.87. The summed E-state index contributed by atoms with van der Waals surface area (Å²) < 4.78 is 11.5. The Balaban J connectivity index is 1.23. The molecule has 3 aromatic rings. The number of anilines is 1. The van der Waals surface area contributed by atoms with Crippen molar-refractivity contribution in [2.24, 2.45) is 0 Å². The van der Waals surface area contributed by atoms with Crippen LogP contribution >= 0.6 is 0 Å². The highest BCUT2D eigenvalue weighted by atomic mass is 16.5. The van der Waals surface area contributed by atoms with Crippen LogP contribution in [0.4, 0.5) is 10.5 Å². The first kappa shape index (κ1) is 29.9. The Morgan fingerprint density at radius 2 is 1.86 bits per heavy atom. The first-order chi connectivity index (χ1) is 20.7. The van der Waals surface area contributed by atoms with Crippen molar-refractivity contribution in [3.8, 4) is 11.5 Å². The van der Waals surface area contributed by atoms with Gasteiger partial charge in [0.15, 0.2) is 0 Å². The molecule has 3 atom stereocenters. The molecule has 2 aliphatic heterocycles. The van der Waals surface area contributed by atoms with Gasteiger partial charge in [0.25, 0.3) is 0 Å². The van der Waals surface area contributed by atoms with E-state index in [0.717, 1.165) is 54.9 Å². The van der Waals surface area contributed by atoms with Gasteiger partial charge in [0.05, 0.1) is 45.0 Å². The van der Waals surface area contributed by atoms with E-state index in [9.17, 15) is 19.5 Å². The van der Waals surface area contributed by atoms with Crippen molar-refractivity contribution in [3.05, 3.63) is 89.0 Å². The number of hydrogen-bond acceptors (Lipinski definition) is 6. The summed E-state index contributed by atoms with van der Waals surface area (Å²) in [6.45, 7) is 5.26. The third kappa shape index (κ3) is 7.84. The topological polar surface area (TPSA) is 126 Å². The quantitative estimate of drug-likeness (QED) is 0.211. The van der Waals surface area contributed by atoms with E-state index in [1.807, 2.05) is 0 Å². The molecule has 0 bridgehead atoms. The Morgan fingerprint density at radius 1 is 1.07 bits per heavy atom. The molecule has 3 aromatic carbocycles. The summed E-state index contributed by atoms with van der Waals surface area (Å²) in [5.41, 5.74) is 4.01. The van der Waals surface area contributed by atoms with Crippen LogP contribution in [-0.4, -0.2) is 72.9 Å². The lowest BCUT2D eigenvalue weighted by molar-refractivity contribution is -0.911. The molecule has 2 aliphatic rings. The van der Waals surface area contributed by atoms with Crippen LogP contribution in [-0.2, 0) is 28.9 Å². The molecule has 10 heteroatoms. The minimum Gasteiger partial charge on any atom is -0.508 e. The number of nitrogens with one attached hydrogen (secondary N) is 3. The lowest BCUT2D eigenvalue weighted by Gasteiger charge is -2.30. The van der Waals surface area contributed by atoms with Crippen LogP contribution in [0.3, 0.4) is 0 Å². The van der Waals surface area contributed by atoms with Crippen molar-refractivity contribution in [1.29, 1.82) is 0 Å². The summed E-state index contributed by atoms with van der Waals surface area (Å²) in [6, 6.07) is 17.9. The van der Waals surface area contributed by atoms with Crippen LogP contribution in [0, 0.1) is 0 Å². The summed E-state index contributed by atoms with van der Waals surface area (Å²) in [5, 5.41) is 18.4. The Labute approximate surface area is 251 Å². The second-order valence-corrected chi connectivity index (χ2v) is 11.5. The average molecular weight is 588 g/mol. The van der Waals surface area contributed by atoms with Crippen molar-refractivity contribution in [1.82, 2.24) is 10.6 Å². The van der Waals surface area contributed by atoms with Crippen LogP contribution in [0.25, 0.3) is 0 Å². The first-order valence-electron chi connectivity index (χ1n) is 14.7. The van der Waals surface area contributed by atoms with E-state index >= 15 is 0 Å². The lowest BCUT2D eigenvalue weighted by atomic mass is 10.0. The minimum atomic E-state index is -0.867. The molecule has 5 rings (SSSR count). The third-order valence-corrected chi connectivity index (χ3v) is 7.97. The molecular formula is C33H39N4O6+. The molecule has 226 valence electrons. The summed E-state index contributed by atoms with van der Waals surface area (Å²) in [4.78, 5) is 38.7. The number of nitrogens with zero attached hydrogens (tertiary/aromatic N) is 1. The molecule has 0 spiro atoms. The first-order valence-corrected chi connectivity index (χ1v) is 14.7. The van der Waals surface area contributed by atoms with Crippen molar-refractivity contribution < 1.29 is 33.4 Å².